The molecule has 0 aliphatic heterocycles. The number of nitriles is 1. The molecule has 7 N–H and O–H groups in total. The molecule has 0 unspecified atom stereocenters. The number of benzene rings is 2. The Bertz CT molecular complexity index is 1880. The van der Waals surface area contributed by atoms with Crippen molar-refractivity contribution in [3.63, 3.8) is 0 Å². The number of nitrogens with one attached hydrogen (secondary N) is 1. The van der Waals surface area contributed by atoms with Gasteiger partial charge in [-0.25, -0.2) is 9.59 Å². The molecule has 0 radical (unpaired) electrons. The van der Waals surface area contributed by atoms with Gasteiger partial charge in [0.25, 0.3) is 0 Å². The molecule has 49 heavy (non-hydrogen) atoms. The third-order valence-electron chi connectivity index (χ3n) is 6.28. The molecule has 14 nitrogen and oxygen atoms in total. The summed E-state index contributed by atoms with van der Waals surface area (Å²) in [5, 5.41) is 29.8. The third-order valence-corrected chi connectivity index (χ3v) is 6.57. The summed E-state index contributed by atoms with van der Waals surface area (Å²) in [6, 6.07) is 16.6. The van der Waals surface area contributed by atoms with E-state index in [1.807, 2.05) is 44.1 Å². The van der Waals surface area contributed by atoms with E-state index >= 15 is 0 Å². The van der Waals surface area contributed by atoms with Crippen molar-refractivity contribution in [1.29, 1.82) is 5.26 Å². The van der Waals surface area contributed by atoms with Crippen LogP contribution in [0.1, 0.15) is 23.7 Å². The third kappa shape index (κ3) is 11.6. The number of fused-ring (bicyclic) bond motifs is 1. The Hall–Kier alpha value is -6.01. The smallest absolute Gasteiger partial charge is 0.328 e. The number of nitrogens with zero attached hydrogens (tertiary/aromatic N) is 4. The minimum Gasteiger partial charge on any atom is -0.493 e. The van der Waals surface area contributed by atoms with Crippen molar-refractivity contribution in [2.45, 2.75) is 13.5 Å². The minimum atomic E-state index is -1.26. The monoisotopic (exact) mass is 690 g/mol. The number of halogens is 1. The van der Waals surface area contributed by atoms with Gasteiger partial charge in [-0.1, -0.05) is 23.7 Å². The van der Waals surface area contributed by atoms with Gasteiger partial charge in [0.05, 0.1) is 34.1 Å². The summed E-state index contributed by atoms with van der Waals surface area (Å²) in [6.45, 7) is 3.01. The molecular weight excluding hydrogens is 656 g/mol. The van der Waals surface area contributed by atoms with Crippen molar-refractivity contribution in [3.8, 4) is 17.6 Å². The molecule has 0 spiro atoms. The lowest BCUT2D eigenvalue weighted by atomic mass is 9.99. The first kappa shape index (κ1) is 39.2. The number of amides is 1. The first-order chi connectivity index (χ1) is 22.9. The van der Waals surface area contributed by atoms with Crippen molar-refractivity contribution < 1.29 is 39.5 Å². The van der Waals surface area contributed by atoms with Gasteiger partial charge < -0.3 is 41.1 Å². The molecule has 4 rings (SSSR count). The van der Waals surface area contributed by atoms with Gasteiger partial charge in [0.2, 0.25) is 5.91 Å². The highest BCUT2D eigenvalue weighted by Gasteiger charge is 2.19. The number of carbonyl (C=O) groups excluding carboxylic acids is 1. The van der Waals surface area contributed by atoms with Crippen LogP contribution in [0.25, 0.3) is 16.5 Å². The maximum atomic E-state index is 12.5. The van der Waals surface area contributed by atoms with E-state index in [0.29, 0.717) is 80.8 Å². The SMILES string of the molecule is CCOc1cc2ncc(C#N)c(Nc3ccc(OCc4ccccn4)c(Cl)c3)c2cc1C(=CCN(C)C)C(N)=O.O.O=C(O)/C=C\C(=O)O. The summed E-state index contributed by atoms with van der Waals surface area (Å²) < 4.78 is 11.7. The zero-order valence-electron chi connectivity index (χ0n) is 26.8. The average molecular weight is 691 g/mol. The quantitative estimate of drug-likeness (QED) is 0.145. The lowest BCUT2D eigenvalue weighted by molar-refractivity contribution is -0.134. The number of likely N-dealkylation sites (N-methyl/N-ethyl adjacent to an activating group) is 1. The lowest BCUT2D eigenvalue weighted by Crippen LogP contribution is -2.17. The second kappa shape index (κ2) is 19.0. The Morgan fingerprint density at radius 1 is 1.04 bits per heavy atom. The number of rotatable bonds is 13. The van der Waals surface area contributed by atoms with Crippen molar-refractivity contribution in [3.05, 3.63) is 101 Å². The van der Waals surface area contributed by atoms with Crippen LogP contribution in [0.3, 0.4) is 0 Å². The van der Waals surface area contributed by atoms with Gasteiger partial charge in [-0.2, -0.15) is 5.26 Å². The molecule has 0 aliphatic carbocycles. The topological polar surface area (TPSA) is 232 Å². The number of pyridine rings is 2. The van der Waals surface area contributed by atoms with Crippen molar-refractivity contribution >= 4 is 57.3 Å². The molecule has 0 fully saturated rings. The summed E-state index contributed by atoms with van der Waals surface area (Å²) in [4.78, 5) is 42.2. The first-order valence-electron chi connectivity index (χ1n) is 14.3. The molecule has 2 aromatic heterocycles. The van der Waals surface area contributed by atoms with Gasteiger partial charge in [0, 0.05) is 59.4 Å². The Labute approximate surface area is 287 Å². The molecule has 256 valence electrons. The maximum absolute atomic E-state index is 12.5. The van der Waals surface area contributed by atoms with Gasteiger partial charge >= 0.3 is 11.9 Å². The van der Waals surface area contributed by atoms with Crippen LogP contribution in [0.15, 0.2) is 79.2 Å². The fraction of sp³-hybridized carbons (Fsp3) is 0.176. The highest BCUT2D eigenvalue weighted by molar-refractivity contribution is 6.32. The molecular formula is C34H35ClN6O8. The van der Waals surface area contributed by atoms with Gasteiger partial charge in [0.1, 0.15) is 24.2 Å². The fourth-order valence-corrected chi connectivity index (χ4v) is 4.39. The van der Waals surface area contributed by atoms with E-state index in [4.69, 9.17) is 37.0 Å². The van der Waals surface area contributed by atoms with Crippen LogP contribution >= 0.6 is 11.6 Å². The van der Waals surface area contributed by atoms with E-state index in [0.717, 1.165) is 5.69 Å². The van der Waals surface area contributed by atoms with Gasteiger partial charge in [-0.3, -0.25) is 14.8 Å². The second-order valence-electron chi connectivity index (χ2n) is 10.1. The molecule has 0 aliphatic rings. The predicted octanol–water partition coefficient (Wildman–Crippen LogP) is 4.19. The standard InChI is InChI=1S/C30H29ClN6O3.C4H4O4.H2O/c1-4-39-28-15-26-24(14-23(28)22(30(33)38)10-12-37(2)3)29(19(16-32)17-35-26)36-20-8-9-27(25(31)13-20)40-18-21-7-5-6-11-34-21;5-3(6)1-2-4(7)8;/h5-11,13-15,17H,4,12,18H2,1-3H3,(H2,33,38)(H,35,36);1-2H,(H,5,6)(H,7,8);1H2/b;2-1-;. The fourth-order valence-electron chi connectivity index (χ4n) is 4.16. The first-order valence-corrected chi connectivity index (χ1v) is 14.7. The summed E-state index contributed by atoms with van der Waals surface area (Å²) in [5.41, 5.74) is 9.41. The molecule has 0 saturated carbocycles. The maximum Gasteiger partial charge on any atom is 0.328 e. The number of carbonyl (C=O) groups is 3. The Morgan fingerprint density at radius 3 is 2.31 bits per heavy atom. The van der Waals surface area contributed by atoms with Crippen LogP contribution in [-0.2, 0) is 21.0 Å². The summed E-state index contributed by atoms with van der Waals surface area (Å²) in [6.07, 6.45) is 6.06. The zero-order chi connectivity index (χ0) is 35.2. The van der Waals surface area contributed by atoms with Gasteiger partial charge in [0.15, 0.2) is 0 Å². The average Bonchev–Trinajstić information content (AvgIpc) is 3.04. The number of aromatic nitrogens is 2. The highest BCUT2D eigenvalue weighted by atomic mass is 35.5. The van der Waals surface area contributed by atoms with Crippen LogP contribution in [0.4, 0.5) is 11.4 Å². The molecule has 0 bridgehead atoms. The van der Waals surface area contributed by atoms with E-state index in [1.165, 1.54) is 6.20 Å². The minimum absolute atomic E-state index is 0. The van der Waals surface area contributed by atoms with Crippen molar-refractivity contribution in [1.82, 2.24) is 14.9 Å². The number of ether oxygens (including phenoxy) is 2. The van der Waals surface area contributed by atoms with Crippen LogP contribution in [0.2, 0.25) is 5.02 Å². The lowest BCUT2D eigenvalue weighted by Gasteiger charge is -2.17. The molecule has 4 aromatic rings. The Kier molecular flexibility index (Phi) is 15.2. The normalized spacial score (nSPS) is 10.8. The number of carboxylic acids is 2. The van der Waals surface area contributed by atoms with E-state index < -0.39 is 17.8 Å². The van der Waals surface area contributed by atoms with Crippen molar-refractivity contribution in [2.75, 3.05) is 32.6 Å². The van der Waals surface area contributed by atoms with E-state index in [1.54, 1.807) is 42.6 Å². The van der Waals surface area contributed by atoms with E-state index in [9.17, 15) is 19.6 Å². The van der Waals surface area contributed by atoms with Crippen LogP contribution in [0, 0.1) is 11.3 Å². The molecule has 0 atom stereocenters. The molecule has 2 aromatic carbocycles. The molecule has 15 heteroatoms. The number of carboxylic acid groups (broad SMARTS) is 2. The van der Waals surface area contributed by atoms with Crippen LogP contribution < -0.4 is 20.5 Å². The second-order valence-corrected chi connectivity index (χ2v) is 10.5. The number of hydrogen-bond donors (Lipinski definition) is 4. The van der Waals surface area contributed by atoms with Gasteiger partial charge in [-0.15, -0.1) is 0 Å². The van der Waals surface area contributed by atoms with Crippen LogP contribution in [0.5, 0.6) is 11.5 Å². The highest BCUT2D eigenvalue weighted by Crippen LogP contribution is 2.37. The summed E-state index contributed by atoms with van der Waals surface area (Å²) >= 11 is 6.53. The van der Waals surface area contributed by atoms with Crippen molar-refractivity contribution in [2.24, 2.45) is 5.73 Å². The summed E-state index contributed by atoms with van der Waals surface area (Å²) in [5.74, 6) is -2.13. The number of aliphatic carboxylic acids is 2. The summed E-state index contributed by atoms with van der Waals surface area (Å²) in [7, 11) is 3.79. The Morgan fingerprint density at radius 2 is 1.76 bits per heavy atom. The largest absolute Gasteiger partial charge is 0.493 e. The zero-order valence-corrected chi connectivity index (χ0v) is 27.6. The van der Waals surface area contributed by atoms with Gasteiger partial charge in [-0.05, 0) is 57.4 Å². The Balaban J connectivity index is 0.000000825. The van der Waals surface area contributed by atoms with E-state index in [-0.39, 0.29) is 12.1 Å². The number of nitrogens with two attached hydrogens (primary N) is 1. The van der Waals surface area contributed by atoms with Crippen LogP contribution in [-0.4, -0.2) is 75.6 Å². The molecule has 2 heterocycles. The van der Waals surface area contributed by atoms with E-state index in [2.05, 4.69) is 21.4 Å². The number of primary amides is 1. The molecule has 0 saturated heterocycles. The molecule has 1 amide bonds. The number of hydrogen-bond acceptors (Lipinski definition) is 10. The number of anilines is 2. The predicted molar refractivity (Wildman–Crippen MR) is 185 cm³/mol.